The minimum Gasteiger partial charge on any atom is -0.336 e. The van der Waals surface area contributed by atoms with Crippen molar-refractivity contribution in [3.05, 3.63) is 66.0 Å². The largest absolute Gasteiger partial charge is 0.336 e. The molecule has 152 valence electrons. The van der Waals surface area contributed by atoms with E-state index in [1.54, 1.807) is 0 Å². The fourth-order valence-corrected chi connectivity index (χ4v) is 3.84. The number of piperazine rings is 1. The van der Waals surface area contributed by atoms with Crippen LogP contribution < -0.4 is 5.32 Å². The molecular weight excluding hydrogens is 362 g/mol. The first kappa shape index (κ1) is 19.5. The van der Waals surface area contributed by atoms with Gasteiger partial charge in [0.15, 0.2) is 0 Å². The maximum atomic E-state index is 12.2. The molecule has 0 saturated carbocycles. The van der Waals surface area contributed by atoms with Gasteiger partial charge in [-0.1, -0.05) is 42.5 Å². The first-order chi connectivity index (χ1) is 14.1. The van der Waals surface area contributed by atoms with Gasteiger partial charge in [-0.05, 0) is 31.5 Å². The molecule has 6 heteroatoms. The van der Waals surface area contributed by atoms with Gasteiger partial charge in [0.05, 0.1) is 17.6 Å². The van der Waals surface area contributed by atoms with Crippen LogP contribution in [-0.4, -0.2) is 57.6 Å². The number of benzene rings is 2. The summed E-state index contributed by atoms with van der Waals surface area (Å²) in [6.45, 7) is 8.81. The van der Waals surface area contributed by atoms with Crippen molar-refractivity contribution in [2.75, 3.05) is 26.2 Å². The standard InChI is InChI=1S/C23H29N5O/c1-18(2)24-23(29)27-14-12-26(13-15-27)17-22-25-20-10-6-7-11-21(20)28(22)16-19-8-4-3-5-9-19/h3-11,18H,12-17H2,1-2H3,(H,24,29). The Labute approximate surface area is 172 Å². The van der Waals surface area contributed by atoms with Crippen molar-refractivity contribution in [2.45, 2.75) is 33.0 Å². The second-order valence-electron chi connectivity index (χ2n) is 7.96. The number of hydrogen-bond donors (Lipinski definition) is 1. The van der Waals surface area contributed by atoms with Gasteiger partial charge < -0.3 is 14.8 Å². The van der Waals surface area contributed by atoms with E-state index in [9.17, 15) is 4.79 Å². The molecule has 1 fully saturated rings. The van der Waals surface area contributed by atoms with Gasteiger partial charge in [-0.3, -0.25) is 4.90 Å². The van der Waals surface area contributed by atoms with Crippen LogP contribution in [0.3, 0.4) is 0 Å². The van der Waals surface area contributed by atoms with Crippen LogP contribution in [-0.2, 0) is 13.1 Å². The Bertz CT molecular complexity index is 958. The number of imidazole rings is 1. The van der Waals surface area contributed by atoms with Crippen LogP contribution in [0.4, 0.5) is 4.79 Å². The highest BCUT2D eigenvalue weighted by Gasteiger charge is 2.23. The summed E-state index contributed by atoms with van der Waals surface area (Å²) in [4.78, 5) is 21.4. The Balaban J connectivity index is 1.48. The zero-order valence-electron chi connectivity index (χ0n) is 17.2. The van der Waals surface area contributed by atoms with Crippen molar-refractivity contribution in [1.29, 1.82) is 0 Å². The van der Waals surface area contributed by atoms with Crippen molar-refractivity contribution in [1.82, 2.24) is 24.7 Å². The molecule has 0 aliphatic carbocycles. The number of rotatable bonds is 5. The highest BCUT2D eigenvalue weighted by molar-refractivity contribution is 5.76. The van der Waals surface area contributed by atoms with Gasteiger partial charge in [-0.2, -0.15) is 0 Å². The molecule has 1 aliphatic rings. The molecule has 4 rings (SSSR count). The summed E-state index contributed by atoms with van der Waals surface area (Å²) in [7, 11) is 0. The third-order valence-corrected chi connectivity index (χ3v) is 5.35. The van der Waals surface area contributed by atoms with Gasteiger partial charge in [0.25, 0.3) is 0 Å². The fourth-order valence-electron chi connectivity index (χ4n) is 3.84. The fraction of sp³-hybridized carbons (Fsp3) is 0.391. The minimum absolute atomic E-state index is 0.0379. The number of nitrogens with one attached hydrogen (secondary N) is 1. The molecule has 29 heavy (non-hydrogen) atoms. The number of carbonyl (C=O) groups excluding carboxylic acids is 1. The molecule has 0 unspecified atom stereocenters. The summed E-state index contributed by atoms with van der Waals surface area (Å²) < 4.78 is 2.32. The van der Waals surface area contributed by atoms with E-state index in [-0.39, 0.29) is 12.1 Å². The predicted octanol–water partition coefficient (Wildman–Crippen LogP) is 3.32. The molecule has 6 nitrogen and oxygen atoms in total. The number of urea groups is 1. The molecule has 0 bridgehead atoms. The lowest BCUT2D eigenvalue weighted by Gasteiger charge is -2.35. The van der Waals surface area contributed by atoms with E-state index in [1.165, 1.54) is 11.1 Å². The van der Waals surface area contributed by atoms with Crippen LogP contribution in [0.5, 0.6) is 0 Å². The maximum Gasteiger partial charge on any atom is 0.317 e. The first-order valence-corrected chi connectivity index (χ1v) is 10.4. The number of para-hydroxylation sites is 2. The van der Waals surface area contributed by atoms with Gasteiger partial charge in [-0.25, -0.2) is 9.78 Å². The highest BCUT2D eigenvalue weighted by atomic mass is 16.2. The van der Waals surface area contributed by atoms with Crippen LogP contribution in [0.25, 0.3) is 11.0 Å². The normalized spacial score (nSPS) is 15.2. The smallest absolute Gasteiger partial charge is 0.317 e. The summed E-state index contributed by atoms with van der Waals surface area (Å²) >= 11 is 0. The topological polar surface area (TPSA) is 53.4 Å². The third-order valence-electron chi connectivity index (χ3n) is 5.35. The van der Waals surface area contributed by atoms with Crippen LogP contribution in [0.2, 0.25) is 0 Å². The van der Waals surface area contributed by atoms with Crippen LogP contribution >= 0.6 is 0 Å². The lowest BCUT2D eigenvalue weighted by molar-refractivity contribution is 0.131. The van der Waals surface area contributed by atoms with Gasteiger partial charge >= 0.3 is 6.03 Å². The summed E-state index contributed by atoms with van der Waals surface area (Å²) in [5, 5.41) is 2.98. The second kappa shape index (κ2) is 8.66. The first-order valence-electron chi connectivity index (χ1n) is 10.4. The van der Waals surface area contributed by atoms with Crippen molar-refractivity contribution < 1.29 is 4.79 Å². The number of amides is 2. The molecule has 1 aliphatic heterocycles. The van der Waals surface area contributed by atoms with Crippen molar-refractivity contribution in [2.24, 2.45) is 0 Å². The summed E-state index contributed by atoms with van der Waals surface area (Å²) in [6.07, 6.45) is 0. The van der Waals surface area contributed by atoms with Crippen LogP contribution in [0.15, 0.2) is 54.6 Å². The van der Waals surface area contributed by atoms with E-state index >= 15 is 0 Å². The van der Waals surface area contributed by atoms with Crippen molar-refractivity contribution >= 4 is 17.1 Å². The Kier molecular flexibility index (Phi) is 5.81. The lowest BCUT2D eigenvalue weighted by atomic mass is 10.2. The van der Waals surface area contributed by atoms with Crippen molar-refractivity contribution in [3.63, 3.8) is 0 Å². The van der Waals surface area contributed by atoms with E-state index in [0.29, 0.717) is 0 Å². The zero-order chi connectivity index (χ0) is 20.2. The second-order valence-corrected chi connectivity index (χ2v) is 7.96. The van der Waals surface area contributed by atoms with E-state index in [4.69, 9.17) is 4.98 Å². The van der Waals surface area contributed by atoms with E-state index in [1.807, 2.05) is 30.9 Å². The summed E-state index contributed by atoms with van der Waals surface area (Å²) in [5.74, 6) is 1.08. The average molecular weight is 392 g/mol. The van der Waals surface area contributed by atoms with Crippen molar-refractivity contribution in [3.8, 4) is 0 Å². The van der Waals surface area contributed by atoms with E-state index in [2.05, 4.69) is 57.2 Å². The molecule has 3 aromatic rings. The molecule has 2 aromatic carbocycles. The van der Waals surface area contributed by atoms with Gasteiger partial charge in [0.2, 0.25) is 0 Å². The molecule has 1 aromatic heterocycles. The molecule has 0 radical (unpaired) electrons. The number of fused-ring (bicyclic) bond motifs is 1. The lowest BCUT2D eigenvalue weighted by Crippen LogP contribution is -2.52. The van der Waals surface area contributed by atoms with Gasteiger partial charge in [0.1, 0.15) is 5.82 Å². The molecule has 2 heterocycles. The Morgan fingerprint density at radius 3 is 2.38 bits per heavy atom. The monoisotopic (exact) mass is 391 g/mol. The molecule has 0 atom stereocenters. The quantitative estimate of drug-likeness (QED) is 0.726. The summed E-state index contributed by atoms with van der Waals surface area (Å²) in [6, 6.07) is 19.1. The van der Waals surface area contributed by atoms with E-state index in [0.717, 1.165) is 50.6 Å². The number of hydrogen-bond acceptors (Lipinski definition) is 3. The summed E-state index contributed by atoms with van der Waals surface area (Å²) in [5.41, 5.74) is 3.47. The number of nitrogens with zero attached hydrogens (tertiary/aromatic N) is 4. The molecule has 1 N–H and O–H groups in total. The molecule has 2 amide bonds. The number of aromatic nitrogens is 2. The number of carbonyl (C=O) groups is 1. The molecule has 1 saturated heterocycles. The van der Waals surface area contributed by atoms with Crippen LogP contribution in [0, 0.1) is 0 Å². The maximum absolute atomic E-state index is 12.2. The average Bonchev–Trinajstić information content (AvgIpc) is 3.06. The molecule has 0 spiro atoms. The van der Waals surface area contributed by atoms with Gasteiger partial charge in [0, 0.05) is 38.8 Å². The third kappa shape index (κ3) is 4.59. The Hall–Kier alpha value is -2.86. The zero-order valence-corrected chi connectivity index (χ0v) is 17.2. The van der Waals surface area contributed by atoms with E-state index < -0.39 is 0 Å². The van der Waals surface area contributed by atoms with Gasteiger partial charge in [-0.15, -0.1) is 0 Å². The SMILES string of the molecule is CC(C)NC(=O)N1CCN(Cc2nc3ccccc3n2Cc2ccccc2)CC1. The Morgan fingerprint density at radius 1 is 0.966 bits per heavy atom. The minimum atomic E-state index is 0.0379. The highest BCUT2D eigenvalue weighted by Crippen LogP contribution is 2.20. The Morgan fingerprint density at radius 2 is 1.66 bits per heavy atom. The van der Waals surface area contributed by atoms with Crippen LogP contribution in [0.1, 0.15) is 25.2 Å². The predicted molar refractivity (Wildman–Crippen MR) is 116 cm³/mol. The molecular formula is C23H29N5O.